The molecule has 0 spiro atoms. The maximum absolute atomic E-state index is 12.6. The van der Waals surface area contributed by atoms with Crippen molar-refractivity contribution in [2.24, 2.45) is 0 Å². The summed E-state index contributed by atoms with van der Waals surface area (Å²) in [6, 6.07) is 11.9. The highest BCUT2D eigenvalue weighted by molar-refractivity contribution is 9.10. The fourth-order valence-corrected chi connectivity index (χ4v) is 4.89. The number of anilines is 2. The zero-order valence-corrected chi connectivity index (χ0v) is 16.4. The van der Waals surface area contributed by atoms with Crippen molar-refractivity contribution in [1.29, 1.82) is 0 Å². The van der Waals surface area contributed by atoms with E-state index in [1.165, 1.54) is 10.4 Å². The molecule has 1 fully saturated rings. The van der Waals surface area contributed by atoms with Crippen molar-refractivity contribution in [3.63, 3.8) is 0 Å². The summed E-state index contributed by atoms with van der Waals surface area (Å²) in [5.41, 5.74) is 1.30. The third-order valence-electron chi connectivity index (χ3n) is 3.95. The molecule has 0 aliphatic carbocycles. The number of halogens is 2. The molecule has 25 heavy (non-hydrogen) atoms. The predicted octanol–water partition coefficient (Wildman–Crippen LogP) is 4.28. The molecule has 2 aromatic carbocycles. The third kappa shape index (κ3) is 3.99. The molecule has 3 rings (SSSR count). The van der Waals surface area contributed by atoms with Gasteiger partial charge in [0.05, 0.1) is 27.7 Å². The van der Waals surface area contributed by atoms with Gasteiger partial charge in [0.2, 0.25) is 10.0 Å². The first-order valence-electron chi connectivity index (χ1n) is 7.74. The first-order valence-corrected chi connectivity index (χ1v) is 10.5. The summed E-state index contributed by atoms with van der Waals surface area (Å²) in [5.74, 6) is -0.276. The van der Waals surface area contributed by atoms with E-state index in [1.807, 2.05) is 12.1 Å². The lowest BCUT2D eigenvalue weighted by atomic mass is 10.1. The van der Waals surface area contributed by atoms with E-state index in [2.05, 4.69) is 21.2 Å². The number of para-hydroxylation sites is 1. The Kier molecular flexibility index (Phi) is 5.36. The Balaban J connectivity index is 1.92. The Morgan fingerprint density at radius 2 is 1.92 bits per heavy atom. The van der Waals surface area contributed by atoms with Crippen LogP contribution in [0.1, 0.15) is 23.2 Å². The molecule has 0 aromatic heterocycles. The van der Waals surface area contributed by atoms with Crippen LogP contribution in [0.3, 0.4) is 0 Å². The minimum Gasteiger partial charge on any atom is -0.321 e. The first kappa shape index (κ1) is 18.2. The van der Waals surface area contributed by atoms with Gasteiger partial charge in [0.15, 0.2) is 0 Å². The smallest absolute Gasteiger partial charge is 0.257 e. The van der Waals surface area contributed by atoms with Crippen LogP contribution in [-0.4, -0.2) is 26.6 Å². The lowest BCUT2D eigenvalue weighted by molar-refractivity contribution is 0.102. The van der Waals surface area contributed by atoms with Gasteiger partial charge in [-0.25, -0.2) is 8.42 Å². The number of hydrogen-bond donors (Lipinski definition) is 1. The number of nitrogens with zero attached hydrogens (tertiary/aromatic N) is 1. The molecule has 0 atom stereocenters. The molecule has 1 N–H and O–H groups in total. The Hall–Kier alpha value is -1.57. The highest BCUT2D eigenvalue weighted by atomic mass is 79.9. The highest BCUT2D eigenvalue weighted by Crippen LogP contribution is 2.29. The first-order chi connectivity index (χ1) is 11.9. The molecule has 5 nitrogen and oxygen atoms in total. The van der Waals surface area contributed by atoms with Crippen molar-refractivity contribution in [3.05, 3.63) is 57.5 Å². The van der Waals surface area contributed by atoms with Gasteiger partial charge in [0.25, 0.3) is 5.91 Å². The lowest BCUT2D eigenvalue weighted by Crippen LogP contribution is -2.38. The maximum Gasteiger partial charge on any atom is 0.257 e. The van der Waals surface area contributed by atoms with E-state index in [0.29, 0.717) is 24.3 Å². The molecule has 8 heteroatoms. The van der Waals surface area contributed by atoms with E-state index in [4.69, 9.17) is 11.6 Å². The number of amides is 1. The second-order valence-electron chi connectivity index (χ2n) is 5.69. The van der Waals surface area contributed by atoms with Crippen LogP contribution in [0, 0.1) is 0 Å². The molecule has 0 unspecified atom stereocenters. The van der Waals surface area contributed by atoms with Crippen LogP contribution >= 0.6 is 27.5 Å². The highest BCUT2D eigenvalue weighted by Gasteiger charge is 2.27. The number of carbonyl (C=O) groups excluding carboxylic acids is 1. The predicted molar refractivity (Wildman–Crippen MR) is 104 cm³/mol. The number of hydrogen-bond acceptors (Lipinski definition) is 3. The van der Waals surface area contributed by atoms with Crippen molar-refractivity contribution in [1.82, 2.24) is 0 Å². The van der Waals surface area contributed by atoms with Gasteiger partial charge < -0.3 is 5.32 Å². The van der Waals surface area contributed by atoms with Crippen LogP contribution in [0.5, 0.6) is 0 Å². The number of rotatable bonds is 3. The summed E-state index contributed by atoms with van der Waals surface area (Å²) in [6.07, 6.45) is 1.45. The molecule has 1 amide bonds. The molecule has 1 saturated heterocycles. The summed E-state index contributed by atoms with van der Waals surface area (Å²) in [5, 5.41) is 3.05. The van der Waals surface area contributed by atoms with Crippen molar-refractivity contribution < 1.29 is 13.2 Å². The molecule has 1 aliphatic rings. The molecule has 132 valence electrons. The molecular weight excluding hydrogens is 428 g/mol. The summed E-state index contributed by atoms with van der Waals surface area (Å²) >= 11 is 9.54. The van der Waals surface area contributed by atoms with Crippen molar-refractivity contribution in [2.75, 3.05) is 21.9 Å². The van der Waals surface area contributed by atoms with E-state index in [1.54, 1.807) is 24.3 Å². The summed E-state index contributed by atoms with van der Waals surface area (Å²) in [6.45, 7) is 0.412. The monoisotopic (exact) mass is 442 g/mol. The maximum atomic E-state index is 12.6. The van der Waals surface area contributed by atoms with Crippen LogP contribution < -0.4 is 9.62 Å². The van der Waals surface area contributed by atoms with Crippen molar-refractivity contribution >= 4 is 54.8 Å². The van der Waals surface area contributed by atoms with Crippen LogP contribution in [0.4, 0.5) is 11.4 Å². The Labute approximate surface area is 160 Å². The average molecular weight is 444 g/mol. The third-order valence-corrected chi connectivity index (χ3v) is 6.84. The molecule has 0 saturated carbocycles. The topological polar surface area (TPSA) is 66.5 Å². The second kappa shape index (κ2) is 7.35. The van der Waals surface area contributed by atoms with E-state index < -0.39 is 15.9 Å². The Bertz CT molecular complexity index is 918. The second-order valence-corrected chi connectivity index (χ2v) is 8.97. The van der Waals surface area contributed by atoms with Gasteiger partial charge in [-0.2, -0.15) is 0 Å². The zero-order valence-electron chi connectivity index (χ0n) is 13.2. The molecule has 1 aliphatic heterocycles. The van der Waals surface area contributed by atoms with Gasteiger partial charge >= 0.3 is 0 Å². The molecule has 0 bridgehead atoms. The molecule has 1 heterocycles. The van der Waals surface area contributed by atoms with Crippen molar-refractivity contribution in [3.8, 4) is 0 Å². The fourth-order valence-electron chi connectivity index (χ4n) is 2.67. The SMILES string of the molecule is O=C(Nc1ccccc1Br)c1cc(N2CCCCS2(=O)=O)ccc1Cl. The Morgan fingerprint density at radius 1 is 1.16 bits per heavy atom. The van der Waals surface area contributed by atoms with Gasteiger partial charge in [-0.05, 0) is 59.1 Å². The quantitative estimate of drug-likeness (QED) is 0.770. The minimum atomic E-state index is -3.35. The lowest BCUT2D eigenvalue weighted by Gasteiger charge is -2.28. The largest absolute Gasteiger partial charge is 0.321 e. The molecule has 2 aromatic rings. The average Bonchev–Trinajstić information content (AvgIpc) is 2.57. The minimum absolute atomic E-state index is 0.119. The number of carbonyl (C=O) groups is 1. The summed E-state index contributed by atoms with van der Waals surface area (Å²) in [4.78, 5) is 12.6. The van der Waals surface area contributed by atoms with E-state index in [-0.39, 0.29) is 16.3 Å². The normalized spacial score (nSPS) is 16.5. The van der Waals surface area contributed by atoms with Gasteiger partial charge in [-0.1, -0.05) is 23.7 Å². The zero-order chi connectivity index (χ0) is 18.0. The van der Waals surface area contributed by atoms with Crippen LogP contribution in [0.2, 0.25) is 5.02 Å². The van der Waals surface area contributed by atoms with E-state index >= 15 is 0 Å². The van der Waals surface area contributed by atoms with Gasteiger partial charge in [-0.3, -0.25) is 9.10 Å². The summed E-state index contributed by atoms with van der Waals surface area (Å²) in [7, 11) is -3.35. The van der Waals surface area contributed by atoms with E-state index in [9.17, 15) is 13.2 Å². The fraction of sp³-hybridized carbons (Fsp3) is 0.235. The van der Waals surface area contributed by atoms with Crippen LogP contribution in [0.15, 0.2) is 46.9 Å². The van der Waals surface area contributed by atoms with Crippen molar-refractivity contribution in [2.45, 2.75) is 12.8 Å². The van der Waals surface area contributed by atoms with Gasteiger partial charge in [0.1, 0.15) is 0 Å². The van der Waals surface area contributed by atoms with Gasteiger partial charge in [0, 0.05) is 11.0 Å². The Morgan fingerprint density at radius 3 is 2.64 bits per heavy atom. The van der Waals surface area contributed by atoms with E-state index in [0.717, 1.165) is 10.9 Å². The molecule has 0 radical (unpaired) electrons. The van der Waals surface area contributed by atoms with Crippen LogP contribution in [0.25, 0.3) is 0 Å². The number of sulfonamides is 1. The number of benzene rings is 2. The number of nitrogens with one attached hydrogen (secondary N) is 1. The standard InChI is InChI=1S/C17H16BrClN2O3S/c18-14-5-1-2-6-16(14)20-17(22)13-11-12(7-8-15(13)19)21-9-3-4-10-25(21,23)24/h1-2,5-8,11H,3-4,9-10H2,(H,20,22). The van der Waals surface area contributed by atoms with Crippen LogP contribution in [-0.2, 0) is 10.0 Å². The van der Waals surface area contributed by atoms with Gasteiger partial charge in [-0.15, -0.1) is 0 Å². The summed E-state index contributed by atoms with van der Waals surface area (Å²) < 4.78 is 26.6. The molecular formula is C17H16BrClN2O3S.